The lowest BCUT2D eigenvalue weighted by Crippen LogP contribution is -2.17. The standard InChI is InChI=1S/C23H13NO2S2/c1-24-14-10-11-17-20(21(25)13-7-3-5-9-16(13)27-17)19(14)18-12-6-2-4-8-15(12)28-22(18)23(24)26/h2-11H,1H3. The zero-order chi connectivity index (χ0) is 19.0. The molecule has 3 heterocycles. The third kappa shape index (κ3) is 1.92. The van der Waals surface area contributed by atoms with Crippen LogP contribution in [0.2, 0.25) is 0 Å². The lowest BCUT2D eigenvalue weighted by molar-refractivity contribution is 0.921. The second kappa shape index (κ2) is 5.50. The molecule has 134 valence electrons. The maximum Gasteiger partial charge on any atom is 0.268 e. The molecule has 3 nitrogen and oxygen atoms in total. The van der Waals surface area contributed by atoms with Gasteiger partial charge in [0.05, 0.1) is 5.52 Å². The van der Waals surface area contributed by atoms with Gasteiger partial charge in [-0.15, -0.1) is 22.7 Å². The highest BCUT2D eigenvalue weighted by molar-refractivity contribution is 7.26. The first-order valence-corrected chi connectivity index (χ1v) is 10.6. The van der Waals surface area contributed by atoms with E-state index in [9.17, 15) is 9.59 Å². The number of nitrogens with zero attached hydrogens (tertiary/aromatic N) is 1. The molecule has 0 saturated heterocycles. The van der Waals surface area contributed by atoms with Crippen LogP contribution < -0.4 is 11.0 Å². The zero-order valence-corrected chi connectivity index (χ0v) is 16.5. The van der Waals surface area contributed by atoms with Gasteiger partial charge in [-0.3, -0.25) is 9.59 Å². The lowest BCUT2D eigenvalue weighted by Gasteiger charge is -2.10. The fourth-order valence-corrected chi connectivity index (χ4v) is 6.39. The van der Waals surface area contributed by atoms with Gasteiger partial charge in [0.25, 0.3) is 5.56 Å². The van der Waals surface area contributed by atoms with Crippen molar-refractivity contribution in [3.63, 3.8) is 0 Å². The molecular weight excluding hydrogens is 386 g/mol. The van der Waals surface area contributed by atoms with E-state index >= 15 is 0 Å². The molecule has 28 heavy (non-hydrogen) atoms. The van der Waals surface area contributed by atoms with Crippen LogP contribution in [0.5, 0.6) is 0 Å². The van der Waals surface area contributed by atoms with E-state index in [0.717, 1.165) is 41.2 Å². The SMILES string of the molecule is Cn1c(=O)c2sc3ccccc3c2c2c3c(=O)c4ccccc4sc3ccc21. The van der Waals surface area contributed by atoms with E-state index in [1.54, 1.807) is 23.0 Å². The van der Waals surface area contributed by atoms with Gasteiger partial charge < -0.3 is 4.57 Å². The van der Waals surface area contributed by atoms with Gasteiger partial charge in [0.15, 0.2) is 5.43 Å². The normalized spacial score (nSPS) is 12.0. The third-order valence-corrected chi connectivity index (χ3v) is 7.72. The van der Waals surface area contributed by atoms with Crippen molar-refractivity contribution in [1.82, 2.24) is 4.57 Å². The molecule has 0 fully saturated rings. The van der Waals surface area contributed by atoms with Crippen LogP contribution in [0.4, 0.5) is 0 Å². The number of aromatic nitrogens is 1. The van der Waals surface area contributed by atoms with E-state index in [4.69, 9.17) is 0 Å². The number of aryl methyl sites for hydroxylation is 1. The van der Waals surface area contributed by atoms with E-state index in [2.05, 4.69) is 0 Å². The maximum absolute atomic E-state index is 13.5. The number of pyridine rings is 1. The summed E-state index contributed by atoms with van der Waals surface area (Å²) in [6, 6.07) is 19.7. The predicted molar refractivity (Wildman–Crippen MR) is 121 cm³/mol. The van der Waals surface area contributed by atoms with Crippen molar-refractivity contribution >= 4 is 73.9 Å². The van der Waals surface area contributed by atoms with E-state index in [1.807, 2.05) is 60.7 Å². The van der Waals surface area contributed by atoms with Gasteiger partial charge in [-0.25, -0.2) is 0 Å². The van der Waals surface area contributed by atoms with Crippen LogP contribution in [0, 0.1) is 0 Å². The Labute approximate surface area is 166 Å². The minimum absolute atomic E-state index is 0.0139. The van der Waals surface area contributed by atoms with Crippen LogP contribution in [-0.2, 0) is 7.05 Å². The van der Waals surface area contributed by atoms with Gasteiger partial charge in [0.1, 0.15) is 4.70 Å². The first-order valence-electron chi connectivity index (χ1n) is 8.93. The third-order valence-electron chi connectivity index (χ3n) is 5.43. The highest BCUT2D eigenvalue weighted by atomic mass is 32.1. The second-order valence-electron chi connectivity index (χ2n) is 6.93. The van der Waals surface area contributed by atoms with Gasteiger partial charge in [-0.05, 0) is 30.3 Å². The highest BCUT2D eigenvalue weighted by Crippen LogP contribution is 2.39. The summed E-state index contributed by atoms with van der Waals surface area (Å²) in [4.78, 5) is 26.6. The van der Waals surface area contributed by atoms with Gasteiger partial charge in [0, 0.05) is 48.1 Å². The van der Waals surface area contributed by atoms with Crippen molar-refractivity contribution < 1.29 is 0 Å². The molecule has 0 bridgehead atoms. The molecule has 0 aliphatic heterocycles. The molecule has 3 aromatic carbocycles. The number of hydrogen-bond acceptors (Lipinski definition) is 4. The summed E-state index contributed by atoms with van der Waals surface area (Å²) < 4.78 is 5.38. The number of thiophene rings is 1. The lowest BCUT2D eigenvalue weighted by atomic mass is 10.0. The molecule has 5 heteroatoms. The summed E-state index contributed by atoms with van der Waals surface area (Å²) in [6.45, 7) is 0. The number of hydrogen-bond donors (Lipinski definition) is 0. The van der Waals surface area contributed by atoms with Crippen LogP contribution in [0.15, 0.2) is 70.3 Å². The quantitative estimate of drug-likeness (QED) is 0.245. The monoisotopic (exact) mass is 399 g/mol. The van der Waals surface area contributed by atoms with Crippen molar-refractivity contribution in [2.75, 3.05) is 0 Å². The smallest absolute Gasteiger partial charge is 0.268 e. The predicted octanol–water partition coefficient (Wildman–Crippen LogP) is 5.63. The molecule has 0 atom stereocenters. The van der Waals surface area contributed by atoms with E-state index in [0.29, 0.717) is 10.1 Å². The Bertz CT molecular complexity index is 1720. The zero-order valence-electron chi connectivity index (χ0n) is 14.9. The molecule has 0 unspecified atom stereocenters. The fraction of sp³-hybridized carbons (Fsp3) is 0.0435. The van der Waals surface area contributed by atoms with Crippen LogP contribution in [0.25, 0.3) is 51.2 Å². The average molecular weight is 399 g/mol. The average Bonchev–Trinajstić information content (AvgIpc) is 3.11. The maximum atomic E-state index is 13.5. The summed E-state index contributed by atoms with van der Waals surface area (Å²) in [7, 11) is 1.79. The minimum Gasteiger partial charge on any atom is -0.310 e. The summed E-state index contributed by atoms with van der Waals surface area (Å²) in [5.74, 6) is 0. The summed E-state index contributed by atoms with van der Waals surface area (Å²) >= 11 is 3.13. The minimum atomic E-state index is -0.0139. The summed E-state index contributed by atoms with van der Waals surface area (Å²) in [6.07, 6.45) is 0. The first kappa shape index (κ1) is 16.0. The second-order valence-corrected chi connectivity index (χ2v) is 9.06. The first-order chi connectivity index (χ1) is 13.6. The van der Waals surface area contributed by atoms with Crippen molar-refractivity contribution in [2.24, 2.45) is 7.05 Å². The number of fused-ring (bicyclic) bond motifs is 8. The van der Waals surface area contributed by atoms with E-state index in [1.165, 1.54) is 11.3 Å². The molecule has 0 aliphatic carbocycles. The molecule has 0 radical (unpaired) electrons. The Morgan fingerprint density at radius 1 is 0.679 bits per heavy atom. The van der Waals surface area contributed by atoms with E-state index < -0.39 is 0 Å². The molecule has 3 aromatic heterocycles. The Hall–Kier alpha value is -3.02. The Kier molecular flexibility index (Phi) is 3.14. The van der Waals surface area contributed by atoms with Gasteiger partial charge >= 0.3 is 0 Å². The molecule has 6 aromatic rings. The van der Waals surface area contributed by atoms with Crippen molar-refractivity contribution in [3.05, 3.63) is 81.2 Å². The van der Waals surface area contributed by atoms with Crippen molar-refractivity contribution in [3.8, 4) is 0 Å². The highest BCUT2D eigenvalue weighted by Gasteiger charge is 2.18. The largest absolute Gasteiger partial charge is 0.310 e. The van der Waals surface area contributed by atoms with Crippen molar-refractivity contribution in [2.45, 2.75) is 0 Å². The molecule has 0 aliphatic rings. The van der Waals surface area contributed by atoms with Gasteiger partial charge in [-0.2, -0.15) is 0 Å². The Morgan fingerprint density at radius 2 is 1.36 bits per heavy atom. The van der Waals surface area contributed by atoms with Crippen LogP contribution in [-0.4, -0.2) is 4.57 Å². The summed E-state index contributed by atoms with van der Waals surface area (Å²) in [5.41, 5.74) is 0.818. The Morgan fingerprint density at radius 3 is 2.14 bits per heavy atom. The van der Waals surface area contributed by atoms with Crippen LogP contribution >= 0.6 is 22.7 Å². The molecule has 0 amide bonds. The van der Waals surface area contributed by atoms with E-state index in [-0.39, 0.29) is 11.0 Å². The van der Waals surface area contributed by atoms with Crippen LogP contribution in [0.3, 0.4) is 0 Å². The number of benzene rings is 3. The van der Waals surface area contributed by atoms with Crippen LogP contribution in [0.1, 0.15) is 0 Å². The van der Waals surface area contributed by atoms with Crippen molar-refractivity contribution in [1.29, 1.82) is 0 Å². The molecule has 6 rings (SSSR count). The summed E-state index contributed by atoms with van der Waals surface area (Å²) in [5, 5.41) is 4.28. The molecule has 0 saturated carbocycles. The molecule has 0 N–H and O–H groups in total. The number of rotatable bonds is 0. The Balaban J connectivity index is 2.06. The topological polar surface area (TPSA) is 39.1 Å². The van der Waals surface area contributed by atoms with Gasteiger partial charge in [0.2, 0.25) is 0 Å². The molecule has 0 spiro atoms. The molecular formula is C23H13NO2S2. The van der Waals surface area contributed by atoms with Gasteiger partial charge in [-0.1, -0.05) is 30.3 Å². The fourth-order valence-electron chi connectivity index (χ4n) is 4.12.